The van der Waals surface area contributed by atoms with E-state index in [9.17, 15) is 0 Å². The Labute approximate surface area is 142 Å². The second-order valence-corrected chi connectivity index (χ2v) is 8.71. The molecule has 1 saturated heterocycles. The summed E-state index contributed by atoms with van der Waals surface area (Å²) in [6.07, 6.45) is 7.17. The van der Waals surface area contributed by atoms with Crippen LogP contribution in [-0.2, 0) is 6.54 Å². The third-order valence-corrected chi connectivity index (χ3v) is 5.93. The van der Waals surface area contributed by atoms with E-state index in [0.717, 1.165) is 12.5 Å². The number of hydrogen-bond acceptors (Lipinski definition) is 2. The number of rotatable bonds is 3. The minimum Gasteiger partial charge on any atom is -0.311 e. The Balaban J connectivity index is 1.74. The van der Waals surface area contributed by atoms with E-state index in [1.807, 2.05) is 0 Å². The molecule has 2 heteroatoms. The van der Waals surface area contributed by atoms with Gasteiger partial charge < -0.3 is 5.32 Å². The van der Waals surface area contributed by atoms with E-state index < -0.39 is 0 Å². The van der Waals surface area contributed by atoms with Gasteiger partial charge in [-0.25, -0.2) is 0 Å². The minimum atomic E-state index is 0.326. The van der Waals surface area contributed by atoms with E-state index in [2.05, 4.69) is 61.3 Å². The Hall–Kier alpha value is -0.860. The quantitative estimate of drug-likeness (QED) is 0.886. The van der Waals surface area contributed by atoms with Crippen LogP contribution in [0.25, 0.3) is 0 Å². The predicted octanol–water partition coefficient (Wildman–Crippen LogP) is 4.46. The summed E-state index contributed by atoms with van der Waals surface area (Å²) >= 11 is 0. The molecule has 1 saturated carbocycles. The Morgan fingerprint density at radius 2 is 1.74 bits per heavy atom. The first-order chi connectivity index (χ1) is 11.0. The SMILES string of the molecule is CC(C)(C)C1CN(Cc2ccccc2)C(C2CCCCC2)CN1. The highest BCUT2D eigenvalue weighted by atomic mass is 15.2. The molecule has 2 atom stereocenters. The first-order valence-electron chi connectivity index (χ1n) is 9.55. The molecule has 0 bridgehead atoms. The van der Waals surface area contributed by atoms with E-state index in [0.29, 0.717) is 17.5 Å². The summed E-state index contributed by atoms with van der Waals surface area (Å²) in [5.41, 5.74) is 1.79. The molecule has 0 amide bonds. The maximum absolute atomic E-state index is 3.88. The molecule has 3 rings (SSSR count). The molecule has 23 heavy (non-hydrogen) atoms. The van der Waals surface area contributed by atoms with Crippen molar-refractivity contribution in [2.24, 2.45) is 11.3 Å². The second kappa shape index (κ2) is 7.36. The smallest absolute Gasteiger partial charge is 0.0253 e. The van der Waals surface area contributed by atoms with Crippen LogP contribution in [0, 0.1) is 11.3 Å². The van der Waals surface area contributed by atoms with Gasteiger partial charge in [0.15, 0.2) is 0 Å². The van der Waals surface area contributed by atoms with Crippen molar-refractivity contribution in [2.75, 3.05) is 13.1 Å². The standard InChI is InChI=1S/C21H34N2/c1-21(2,3)20-16-23(15-17-10-6-4-7-11-17)19(14-22-20)18-12-8-5-9-13-18/h4,6-7,10-11,18-20,22H,5,8-9,12-16H2,1-3H3. The molecule has 1 aromatic carbocycles. The van der Waals surface area contributed by atoms with Crippen LogP contribution in [0.1, 0.15) is 58.4 Å². The summed E-state index contributed by atoms with van der Waals surface area (Å²) in [7, 11) is 0. The van der Waals surface area contributed by atoms with Gasteiger partial charge in [0.25, 0.3) is 0 Å². The summed E-state index contributed by atoms with van der Waals surface area (Å²) in [6.45, 7) is 10.6. The number of nitrogens with zero attached hydrogens (tertiary/aromatic N) is 1. The first kappa shape index (κ1) is 17.0. The fourth-order valence-electron chi connectivity index (χ4n) is 4.39. The van der Waals surface area contributed by atoms with Gasteiger partial charge in [-0.05, 0) is 29.7 Å². The lowest BCUT2D eigenvalue weighted by atomic mass is 9.79. The van der Waals surface area contributed by atoms with Crippen LogP contribution >= 0.6 is 0 Å². The monoisotopic (exact) mass is 314 g/mol. The van der Waals surface area contributed by atoms with Crippen LogP contribution in [-0.4, -0.2) is 30.1 Å². The lowest BCUT2D eigenvalue weighted by molar-refractivity contribution is 0.0385. The lowest BCUT2D eigenvalue weighted by Gasteiger charge is -2.48. The van der Waals surface area contributed by atoms with E-state index in [1.54, 1.807) is 0 Å². The van der Waals surface area contributed by atoms with Crippen LogP contribution in [0.15, 0.2) is 30.3 Å². The number of nitrogens with one attached hydrogen (secondary N) is 1. The highest BCUT2D eigenvalue weighted by Gasteiger charge is 2.37. The second-order valence-electron chi connectivity index (χ2n) is 8.71. The van der Waals surface area contributed by atoms with Crippen LogP contribution in [0.5, 0.6) is 0 Å². The van der Waals surface area contributed by atoms with Crippen molar-refractivity contribution >= 4 is 0 Å². The largest absolute Gasteiger partial charge is 0.311 e. The zero-order valence-electron chi connectivity index (χ0n) is 15.2. The molecule has 1 aromatic rings. The van der Waals surface area contributed by atoms with E-state index in [4.69, 9.17) is 0 Å². The van der Waals surface area contributed by atoms with Gasteiger partial charge in [0.2, 0.25) is 0 Å². The molecular formula is C21H34N2. The predicted molar refractivity (Wildman–Crippen MR) is 98.5 cm³/mol. The summed E-state index contributed by atoms with van der Waals surface area (Å²) in [6, 6.07) is 12.3. The van der Waals surface area contributed by atoms with Crippen LogP contribution in [0.4, 0.5) is 0 Å². The maximum Gasteiger partial charge on any atom is 0.0253 e. The van der Waals surface area contributed by atoms with Crippen molar-refractivity contribution < 1.29 is 0 Å². The first-order valence-corrected chi connectivity index (χ1v) is 9.55. The average molecular weight is 315 g/mol. The molecule has 0 aromatic heterocycles. The third kappa shape index (κ3) is 4.36. The van der Waals surface area contributed by atoms with E-state index in [-0.39, 0.29) is 0 Å². The van der Waals surface area contributed by atoms with Crippen molar-refractivity contribution in [3.63, 3.8) is 0 Å². The molecule has 1 aliphatic carbocycles. The van der Waals surface area contributed by atoms with Gasteiger partial charge in [-0.15, -0.1) is 0 Å². The highest BCUT2D eigenvalue weighted by molar-refractivity contribution is 5.15. The average Bonchev–Trinajstić information content (AvgIpc) is 2.56. The zero-order chi connectivity index (χ0) is 16.3. The topological polar surface area (TPSA) is 15.3 Å². The van der Waals surface area contributed by atoms with Gasteiger partial charge in [0.05, 0.1) is 0 Å². The molecule has 1 aliphatic heterocycles. The molecule has 0 spiro atoms. The molecule has 2 unspecified atom stereocenters. The van der Waals surface area contributed by atoms with E-state index in [1.165, 1.54) is 50.8 Å². The fraction of sp³-hybridized carbons (Fsp3) is 0.714. The molecule has 128 valence electrons. The third-order valence-electron chi connectivity index (χ3n) is 5.93. The van der Waals surface area contributed by atoms with Gasteiger partial charge in [-0.3, -0.25) is 4.90 Å². The van der Waals surface area contributed by atoms with Gasteiger partial charge in [-0.1, -0.05) is 70.4 Å². The van der Waals surface area contributed by atoms with Crippen LogP contribution < -0.4 is 5.32 Å². The minimum absolute atomic E-state index is 0.326. The highest BCUT2D eigenvalue weighted by Crippen LogP contribution is 2.33. The summed E-state index contributed by atoms with van der Waals surface area (Å²) in [5.74, 6) is 0.890. The number of benzene rings is 1. The van der Waals surface area contributed by atoms with Crippen LogP contribution in [0.2, 0.25) is 0 Å². The van der Waals surface area contributed by atoms with Crippen molar-refractivity contribution in [1.29, 1.82) is 0 Å². The number of piperazine rings is 1. The molecule has 2 fully saturated rings. The molecular weight excluding hydrogens is 280 g/mol. The molecule has 1 heterocycles. The van der Waals surface area contributed by atoms with Gasteiger partial charge in [0.1, 0.15) is 0 Å². The van der Waals surface area contributed by atoms with Crippen molar-refractivity contribution in [1.82, 2.24) is 10.2 Å². The normalized spacial score (nSPS) is 28.0. The summed E-state index contributed by atoms with van der Waals surface area (Å²) in [4.78, 5) is 2.79. The van der Waals surface area contributed by atoms with Gasteiger partial charge in [0, 0.05) is 31.7 Å². The zero-order valence-corrected chi connectivity index (χ0v) is 15.2. The Kier molecular flexibility index (Phi) is 5.43. The molecule has 2 aliphatic rings. The summed E-state index contributed by atoms with van der Waals surface area (Å²) < 4.78 is 0. The maximum atomic E-state index is 3.88. The van der Waals surface area contributed by atoms with Crippen molar-refractivity contribution in [2.45, 2.75) is 71.5 Å². The Bertz CT molecular complexity index is 470. The van der Waals surface area contributed by atoms with Gasteiger partial charge in [-0.2, -0.15) is 0 Å². The summed E-state index contributed by atoms with van der Waals surface area (Å²) in [5, 5.41) is 3.88. The van der Waals surface area contributed by atoms with Crippen molar-refractivity contribution in [3.8, 4) is 0 Å². The Morgan fingerprint density at radius 1 is 1.04 bits per heavy atom. The molecule has 2 nitrogen and oxygen atoms in total. The Morgan fingerprint density at radius 3 is 2.39 bits per heavy atom. The fourth-order valence-corrected chi connectivity index (χ4v) is 4.39. The van der Waals surface area contributed by atoms with Crippen LogP contribution in [0.3, 0.4) is 0 Å². The van der Waals surface area contributed by atoms with Gasteiger partial charge >= 0.3 is 0 Å². The molecule has 1 N–H and O–H groups in total. The van der Waals surface area contributed by atoms with E-state index >= 15 is 0 Å². The van der Waals surface area contributed by atoms with Crippen molar-refractivity contribution in [3.05, 3.63) is 35.9 Å². The number of hydrogen-bond donors (Lipinski definition) is 1. The molecule has 0 radical (unpaired) electrons. The lowest BCUT2D eigenvalue weighted by Crippen LogP contribution is -2.61.